The van der Waals surface area contributed by atoms with Gasteiger partial charge in [0.1, 0.15) is 17.4 Å². The molecule has 0 bridgehead atoms. The standard InChI is InChI=1S/C11H8BrFN2O2S/c12-7-4-8(13)9(14)3-6(7)11(16)17-5-10-15-1-2-18-10/h1-4H,5,14H2. The number of nitrogen functional groups attached to an aromatic ring is 1. The van der Waals surface area contributed by atoms with E-state index in [9.17, 15) is 9.18 Å². The number of ether oxygens (including phenoxy) is 1. The third kappa shape index (κ3) is 2.85. The van der Waals surface area contributed by atoms with E-state index in [-0.39, 0.29) is 17.9 Å². The first-order valence-electron chi connectivity index (χ1n) is 4.88. The van der Waals surface area contributed by atoms with Crippen molar-refractivity contribution >= 4 is 38.9 Å². The lowest BCUT2D eigenvalue weighted by Gasteiger charge is -2.06. The molecule has 94 valence electrons. The van der Waals surface area contributed by atoms with Crippen molar-refractivity contribution in [3.63, 3.8) is 0 Å². The molecule has 1 aromatic carbocycles. The Balaban J connectivity index is 2.11. The summed E-state index contributed by atoms with van der Waals surface area (Å²) in [5.41, 5.74) is 5.49. The minimum atomic E-state index is -0.585. The van der Waals surface area contributed by atoms with Gasteiger partial charge in [0, 0.05) is 16.0 Å². The normalized spacial score (nSPS) is 10.3. The number of hydrogen-bond acceptors (Lipinski definition) is 5. The number of benzene rings is 1. The Morgan fingerprint density at radius 1 is 1.56 bits per heavy atom. The monoisotopic (exact) mass is 330 g/mol. The summed E-state index contributed by atoms with van der Waals surface area (Å²) in [6.45, 7) is 0.0836. The molecule has 0 spiro atoms. The number of carbonyl (C=O) groups excluding carboxylic acids is 1. The van der Waals surface area contributed by atoms with Crippen molar-refractivity contribution in [3.05, 3.63) is 44.6 Å². The molecule has 0 saturated heterocycles. The topological polar surface area (TPSA) is 65.2 Å². The van der Waals surface area contributed by atoms with Crippen molar-refractivity contribution < 1.29 is 13.9 Å². The molecule has 7 heteroatoms. The highest BCUT2D eigenvalue weighted by Crippen LogP contribution is 2.23. The van der Waals surface area contributed by atoms with Gasteiger partial charge in [0.05, 0.1) is 11.3 Å². The first kappa shape index (κ1) is 13.0. The summed E-state index contributed by atoms with van der Waals surface area (Å²) < 4.78 is 18.5. The summed E-state index contributed by atoms with van der Waals surface area (Å²) in [6.07, 6.45) is 1.62. The van der Waals surface area contributed by atoms with E-state index in [0.29, 0.717) is 9.48 Å². The molecule has 1 heterocycles. The zero-order valence-corrected chi connectivity index (χ0v) is 11.4. The number of anilines is 1. The maximum absolute atomic E-state index is 13.1. The van der Waals surface area contributed by atoms with Crippen LogP contribution >= 0.6 is 27.3 Å². The van der Waals surface area contributed by atoms with Crippen molar-refractivity contribution in [1.82, 2.24) is 4.98 Å². The Kier molecular flexibility index (Phi) is 3.93. The average molecular weight is 331 g/mol. The third-order valence-electron chi connectivity index (χ3n) is 2.12. The Morgan fingerprint density at radius 2 is 2.33 bits per heavy atom. The average Bonchev–Trinajstić information content (AvgIpc) is 2.84. The molecule has 0 aliphatic carbocycles. The highest BCUT2D eigenvalue weighted by Gasteiger charge is 2.15. The van der Waals surface area contributed by atoms with Crippen LogP contribution in [-0.4, -0.2) is 11.0 Å². The predicted octanol–water partition coefficient (Wildman–Crippen LogP) is 2.98. The van der Waals surface area contributed by atoms with Crippen LogP contribution in [0.4, 0.5) is 10.1 Å². The highest BCUT2D eigenvalue weighted by molar-refractivity contribution is 9.10. The van der Waals surface area contributed by atoms with Gasteiger partial charge in [-0.1, -0.05) is 0 Å². The van der Waals surface area contributed by atoms with Gasteiger partial charge in [-0.3, -0.25) is 0 Å². The molecule has 2 N–H and O–H groups in total. The number of esters is 1. The second-order valence-electron chi connectivity index (χ2n) is 3.36. The van der Waals surface area contributed by atoms with E-state index in [0.717, 1.165) is 6.07 Å². The van der Waals surface area contributed by atoms with Gasteiger partial charge in [-0.15, -0.1) is 11.3 Å². The van der Waals surface area contributed by atoms with Crippen LogP contribution in [0, 0.1) is 5.82 Å². The van der Waals surface area contributed by atoms with Gasteiger partial charge in [0.2, 0.25) is 0 Å². The van der Waals surface area contributed by atoms with Crippen LogP contribution in [0.5, 0.6) is 0 Å². The fourth-order valence-corrected chi connectivity index (χ4v) is 2.26. The molecule has 0 aliphatic rings. The van der Waals surface area contributed by atoms with E-state index in [1.165, 1.54) is 17.4 Å². The second-order valence-corrected chi connectivity index (χ2v) is 5.19. The largest absolute Gasteiger partial charge is 0.455 e. The van der Waals surface area contributed by atoms with Crippen LogP contribution in [0.2, 0.25) is 0 Å². The minimum absolute atomic E-state index is 0.0836. The summed E-state index contributed by atoms with van der Waals surface area (Å²) in [7, 11) is 0. The molecule has 2 rings (SSSR count). The molecule has 0 radical (unpaired) electrons. The van der Waals surface area contributed by atoms with Gasteiger partial charge in [0.15, 0.2) is 0 Å². The molecular formula is C11H8BrFN2O2S. The van der Waals surface area contributed by atoms with Gasteiger partial charge in [-0.25, -0.2) is 14.2 Å². The van der Waals surface area contributed by atoms with E-state index in [1.807, 2.05) is 0 Å². The molecule has 0 aliphatic heterocycles. The maximum atomic E-state index is 13.1. The Bertz CT molecular complexity index is 575. The van der Waals surface area contributed by atoms with Crippen LogP contribution in [0.1, 0.15) is 15.4 Å². The van der Waals surface area contributed by atoms with Crippen molar-refractivity contribution in [2.45, 2.75) is 6.61 Å². The van der Waals surface area contributed by atoms with Crippen molar-refractivity contribution in [1.29, 1.82) is 0 Å². The smallest absolute Gasteiger partial charge is 0.339 e. The number of halogens is 2. The Labute approximate surface area is 115 Å². The summed E-state index contributed by atoms with van der Waals surface area (Å²) in [5.74, 6) is -1.16. The van der Waals surface area contributed by atoms with Gasteiger partial charge < -0.3 is 10.5 Å². The summed E-state index contributed by atoms with van der Waals surface area (Å²) in [6, 6.07) is 2.37. The van der Waals surface area contributed by atoms with Gasteiger partial charge in [-0.05, 0) is 28.1 Å². The number of rotatable bonds is 3. The SMILES string of the molecule is Nc1cc(C(=O)OCc2nccs2)c(Br)cc1F. The Morgan fingerprint density at radius 3 is 3.00 bits per heavy atom. The molecule has 0 amide bonds. The fraction of sp³-hybridized carbons (Fsp3) is 0.0909. The van der Waals surface area contributed by atoms with Crippen molar-refractivity contribution in [2.24, 2.45) is 0 Å². The molecule has 4 nitrogen and oxygen atoms in total. The number of nitrogens with two attached hydrogens (primary N) is 1. The molecule has 18 heavy (non-hydrogen) atoms. The number of carbonyl (C=O) groups is 1. The van der Waals surface area contributed by atoms with Gasteiger partial charge in [-0.2, -0.15) is 0 Å². The summed E-state index contributed by atoms with van der Waals surface area (Å²) in [4.78, 5) is 15.8. The quantitative estimate of drug-likeness (QED) is 0.694. The first-order chi connectivity index (χ1) is 8.58. The summed E-state index contributed by atoms with van der Waals surface area (Å²) >= 11 is 4.48. The zero-order valence-electron chi connectivity index (χ0n) is 9.02. The lowest BCUT2D eigenvalue weighted by molar-refractivity contribution is 0.0471. The van der Waals surface area contributed by atoms with Gasteiger partial charge >= 0.3 is 5.97 Å². The number of hydrogen-bond donors (Lipinski definition) is 1. The maximum Gasteiger partial charge on any atom is 0.339 e. The molecular weight excluding hydrogens is 323 g/mol. The molecule has 0 unspecified atom stereocenters. The predicted molar refractivity (Wildman–Crippen MR) is 69.7 cm³/mol. The highest BCUT2D eigenvalue weighted by atomic mass is 79.9. The van der Waals surface area contributed by atoms with Crippen molar-refractivity contribution in [3.8, 4) is 0 Å². The Hall–Kier alpha value is -1.47. The van der Waals surface area contributed by atoms with Crippen molar-refractivity contribution in [2.75, 3.05) is 5.73 Å². The number of nitrogens with zero attached hydrogens (tertiary/aromatic N) is 1. The van der Waals surface area contributed by atoms with E-state index in [1.54, 1.807) is 11.6 Å². The number of thiazole rings is 1. The van der Waals surface area contributed by atoms with E-state index in [4.69, 9.17) is 10.5 Å². The summed E-state index contributed by atoms with van der Waals surface area (Å²) in [5, 5.41) is 2.48. The molecule has 0 atom stereocenters. The van der Waals surface area contributed by atoms with E-state index < -0.39 is 11.8 Å². The van der Waals surface area contributed by atoms with Crippen LogP contribution < -0.4 is 5.73 Å². The number of aromatic nitrogens is 1. The van der Waals surface area contributed by atoms with Crippen LogP contribution in [0.25, 0.3) is 0 Å². The zero-order chi connectivity index (χ0) is 13.1. The van der Waals surface area contributed by atoms with E-state index >= 15 is 0 Å². The molecule has 0 fully saturated rings. The molecule has 0 saturated carbocycles. The van der Waals surface area contributed by atoms with Crippen LogP contribution in [0.3, 0.4) is 0 Å². The van der Waals surface area contributed by atoms with E-state index in [2.05, 4.69) is 20.9 Å². The van der Waals surface area contributed by atoms with Crippen LogP contribution in [-0.2, 0) is 11.3 Å². The molecule has 2 aromatic rings. The first-order valence-corrected chi connectivity index (χ1v) is 6.55. The lowest BCUT2D eigenvalue weighted by Crippen LogP contribution is -2.07. The van der Waals surface area contributed by atoms with Gasteiger partial charge in [0.25, 0.3) is 0 Å². The lowest BCUT2D eigenvalue weighted by atomic mass is 10.2. The molecule has 1 aromatic heterocycles. The van der Waals surface area contributed by atoms with Crippen LogP contribution in [0.15, 0.2) is 28.2 Å². The fourth-order valence-electron chi connectivity index (χ4n) is 1.25. The minimum Gasteiger partial charge on any atom is -0.455 e. The second kappa shape index (κ2) is 5.45. The third-order valence-corrected chi connectivity index (χ3v) is 3.53.